The van der Waals surface area contributed by atoms with Crippen molar-refractivity contribution in [3.05, 3.63) is 48.6 Å². The lowest BCUT2D eigenvalue weighted by atomic mass is 10.0. The summed E-state index contributed by atoms with van der Waals surface area (Å²) in [5, 5.41) is 38.8. The smallest absolute Gasteiger partial charge is 0.306 e. The zero-order valence-corrected chi connectivity index (χ0v) is 27.1. The van der Waals surface area contributed by atoms with Crippen LogP contribution in [0.5, 0.6) is 0 Å². The number of esters is 1. The first-order chi connectivity index (χ1) is 22.0. The zero-order valence-electron chi connectivity index (χ0n) is 27.1. The summed E-state index contributed by atoms with van der Waals surface area (Å²) in [4.78, 5) is 12.3. The lowest BCUT2D eigenvalue weighted by Gasteiger charge is -2.39. The van der Waals surface area contributed by atoms with Gasteiger partial charge in [-0.2, -0.15) is 0 Å². The Morgan fingerprint density at radius 3 is 2.00 bits per heavy atom. The van der Waals surface area contributed by atoms with Crippen molar-refractivity contribution in [2.45, 2.75) is 140 Å². The molecule has 2 fully saturated rings. The maximum atomic E-state index is 12.3. The average molecular weight is 639 g/mol. The first kappa shape index (κ1) is 39.3. The minimum atomic E-state index is -0.839. The van der Waals surface area contributed by atoms with Gasteiger partial charge >= 0.3 is 5.97 Å². The van der Waals surface area contributed by atoms with Gasteiger partial charge in [-0.05, 0) is 44.9 Å². The first-order valence-corrected chi connectivity index (χ1v) is 16.8. The van der Waals surface area contributed by atoms with Crippen LogP contribution in [0, 0.1) is 0 Å². The van der Waals surface area contributed by atoms with Crippen LogP contribution in [0.4, 0.5) is 0 Å². The normalized spacial score (nSPS) is 26.9. The molecule has 0 aromatic rings. The van der Waals surface area contributed by atoms with E-state index < -0.39 is 49.6 Å². The molecule has 258 valence electrons. The van der Waals surface area contributed by atoms with E-state index in [1.807, 2.05) is 0 Å². The molecule has 0 aromatic heterocycles. The second-order valence-corrected chi connectivity index (χ2v) is 11.7. The molecule has 10 heteroatoms. The van der Waals surface area contributed by atoms with Crippen LogP contribution in [0.1, 0.15) is 96.8 Å². The van der Waals surface area contributed by atoms with E-state index in [0.717, 1.165) is 25.7 Å². The van der Waals surface area contributed by atoms with Gasteiger partial charge in [-0.3, -0.25) is 4.79 Å². The number of allylic oxidation sites excluding steroid dienone is 8. The average Bonchev–Trinajstić information content (AvgIpc) is 3.04. The van der Waals surface area contributed by atoms with Crippen LogP contribution >= 0.6 is 0 Å². The molecule has 4 N–H and O–H groups in total. The Balaban J connectivity index is 1.58. The van der Waals surface area contributed by atoms with Gasteiger partial charge in [0.25, 0.3) is 0 Å². The third kappa shape index (κ3) is 18.7. The molecule has 0 aromatic carbocycles. The number of unbranched alkanes of at least 4 members (excludes halogenated alkanes) is 4. The first-order valence-electron chi connectivity index (χ1n) is 16.8. The van der Waals surface area contributed by atoms with Crippen LogP contribution in [-0.2, 0) is 28.5 Å². The molecule has 45 heavy (non-hydrogen) atoms. The van der Waals surface area contributed by atoms with E-state index in [2.05, 4.69) is 55.5 Å². The van der Waals surface area contributed by atoms with Gasteiger partial charge in [0.1, 0.15) is 6.10 Å². The van der Waals surface area contributed by atoms with Crippen LogP contribution in [-0.4, -0.2) is 95.9 Å². The Morgan fingerprint density at radius 1 is 0.778 bits per heavy atom. The minimum absolute atomic E-state index is 0.0693. The predicted octanol–water partition coefficient (Wildman–Crippen LogP) is 4.79. The summed E-state index contributed by atoms with van der Waals surface area (Å²) in [5.74, 6) is -0.404. The summed E-state index contributed by atoms with van der Waals surface area (Å²) in [6.07, 6.45) is 23.8. The maximum absolute atomic E-state index is 12.3. The number of rotatable bonds is 23. The Bertz CT molecular complexity index is 872. The number of aliphatic hydroxyl groups is 4. The van der Waals surface area contributed by atoms with Crippen molar-refractivity contribution in [3.8, 4) is 0 Å². The van der Waals surface area contributed by atoms with Crippen molar-refractivity contribution in [2.75, 3.05) is 26.4 Å². The van der Waals surface area contributed by atoms with E-state index in [-0.39, 0.29) is 38.8 Å². The van der Waals surface area contributed by atoms with Gasteiger partial charge < -0.3 is 44.1 Å². The Morgan fingerprint density at radius 2 is 1.38 bits per heavy atom. The molecule has 0 radical (unpaired) electrons. The molecular weight excluding hydrogens is 580 g/mol. The molecule has 0 aliphatic carbocycles. The standard InChI is InChI=1S/C35H58O10/c1-2-3-4-5-6-7-8-9-10-11-12-13-14-15-16-17-18-19-33(40)42-32(26-38)27-41-34-23-29(22-31(25-37)44-34)43-35-21-28(39)20-30(24-36)45-35/h6-7,9-10,12-13,15-16,28-32,34-39H,2-5,8,11,14,17-27H2,1H3/b7-6-,10-9-,13-12-,16-15-/t28-,29-,30-,31-,32?,34+,35+/m0/s1. The van der Waals surface area contributed by atoms with E-state index >= 15 is 0 Å². The molecule has 0 bridgehead atoms. The van der Waals surface area contributed by atoms with E-state index in [9.17, 15) is 25.2 Å². The van der Waals surface area contributed by atoms with E-state index in [4.69, 9.17) is 23.7 Å². The molecule has 2 heterocycles. The van der Waals surface area contributed by atoms with Crippen LogP contribution in [0.3, 0.4) is 0 Å². The molecule has 2 aliphatic heterocycles. The molecule has 0 saturated carbocycles. The number of hydrogen-bond donors (Lipinski definition) is 4. The van der Waals surface area contributed by atoms with Gasteiger partial charge in [-0.1, -0.05) is 68.4 Å². The second-order valence-electron chi connectivity index (χ2n) is 11.7. The summed E-state index contributed by atoms with van der Waals surface area (Å²) < 4.78 is 28.6. The van der Waals surface area contributed by atoms with Gasteiger partial charge in [0, 0.05) is 32.1 Å². The Kier molecular flexibility index (Phi) is 22.0. The molecule has 1 unspecified atom stereocenters. The maximum Gasteiger partial charge on any atom is 0.306 e. The van der Waals surface area contributed by atoms with Gasteiger partial charge in [-0.15, -0.1) is 0 Å². The van der Waals surface area contributed by atoms with Gasteiger partial charge in [0.05, 0.1) is 50.8 Å². The van der Waals surface area contributed by atoms with Crippen molar-refractivity contribution in [3.63, 3.8) is 0 Å². The number of carbonyl (C=O) groups is 1. The number of hydrogen-bond acceptors (Lipinski definition) is 10. The molecule has 0 spiro atoms. The Labute approximate surface area is 269 Å². The lowest BCUT2D eigenvalue weighted by Crippen LogP contribution is -2.45. The van der Waals surface area contributed by atoms with Gasteiger partial charge in [0.15, 0.2) is 12.6 Å². The lowest BCUT2D eigenvalue weighted by molar-refractivity contribution is -0.280. The number of aliphatic hydroxyl groups excluding tert-OH is 4. The highest BCUT2D eigenvalue weighted by Crippen LogP contribution is 2.28. The van der Waals surface area contributed by atoms with Crippen molar-refractivity contribution < 1.29 is 48.9 Å². The topological polar surface area (TPSA) is 144 Å². The summed E-state index contributed by atoms with van der Waals surface area (Å²) in [6.45, 7) is 1.32. The SMILES string of the molecule is CCCCC/C=C\C/C=C\C/C=C\C/C=C\CCCC(=O)OC(CO)CO[C@H]1C[C@@H](O[C@H]2C[C@@H](O)C[C@@H](CO)O2)C[C@@H](CO)O1. The third-order valence-corrected chi connectivity index (χ3v) is 7.60. The Hall–Kier alpha value is -1.89. The highest BCUT2D eigenvalue weighted by Gasteiger charge is 2.36. The zero-order chi connectivity index (χ0) is 32.5. The predicted molar refractivity (Wildman–Crippen MR) is 172 cm³/mol. The monoisotopic (exact) mass is 638 g/mol. The fourth-order valence-corrected chi connectivity index (χ4v) is 5.14. The molecule has 2 saturated heterocycles. The third-order valence-electron chi connectivity index (χ3n) is 7.60. The molecular formula is C35H58O10. The summed E-state index contributed by atoms with van der Waals surface area (Å²) in [6, 6.07) is 0. The summed E-state index contributed by atoms with van der Waals surface area (Å²) in [5.41, 5.74) is 0. The molecule has 0 amide bonds. The van der Waals surface area contributed by atoms with Crippen LogP contribution < -0.4 is 0 Å². The summed E-state index contributed by atoms with van der Waals surface area (Å²) >= 11 is 0. The molecule has 2 aliphatic rings. The minimum Gasteiger partial charge on any atom is -0.457 e. The fourth-order valence-electron chi connectivity index (χ4n) is 5.14. The van der Waals surface area contributed by atoms with Gasteiger partial charge in [0.2, 0.25) is 0 Å². The molecule has 2 rings (SSSR count). The number of carbonyl (C=O) groups excluding carboxylic acids is 1. The van der Waals surface area contributed by atoms with Crippen molar-refractivity contribution in [1.29, 1.82) is 0 Å². The van der Waals surface area contributed by atoms with E-state index in [1.54, 1.807) is 0 Å². The molecule has 7 atom stereocenters. The van der Waals surface area contributed by atoms with Crippen molar-refractivity contribution in [1.82, 2.24) is 0 Å². The van der Waals surface area contributed by atoms with Crippen molar-refractivity contribution >= 4 is 5.97 Å². The van der Waals surface area contributed by atoms with Crippen LogP contribution in [0.2, 0.25) is 0 Å². The van der Waals surface area contributed by atoms with E-state index in [0.29, 0.717) is 25.7 Å². The van der Waals surface area contributed by atoms with Crippen LogP contribution in [0.15, 0.2) is 48.6 Å². The van der Waals surface area contributed by atoms with Crippen LogP contribution in [0.25, 0.3) is 0 Å². The largest absolute Gasteiger partial charge is 0.457 e. The summed E-state index contributed by atoms with van der Waals surface area (Å²) in [7, 11) is 0. The second kappa shape index (κ2) is 25.2. The quantitative estimate of drug-likeness (QED) is 0.0700. The van der Waals surface area contributed by atoms with Crippen molar-refractivity contribution in [2.24, 2.45) is 0 Å². The van der Waals surface area contributed by atoms with Gasteiger partial charge in [-0.25, -0.2) is 0 Å². The highest BCUT2D eigenvalue weighted by atomic mass is 16.7. The number of ether oxygens (including phenoxy) is 5. The van der Waals surface area contributed by atoms with E-state index in [1.165, 1.54) is 25.7 Å². The highest BCUT2D eigenvalue weighted by molar-refractivity contribution is 5.69. The molecule has 10 nitrogen and oxygen atoms in total. The fraction of sp³-hybridized carbons (Fsp3) is 0.743.